The molecule has 0 aromatic carbocycles. The van der Waals surface area contributed by atoms with Gasteiger partial charge in [0.1, 0.15) is 6.17 Å². The van der Waals surface area contributed by atoms with Gasteiger partial charge in [0.2, 0.25) is 5.88 Å². The Kier molecular flexibility index (Phi) is 9.40. The van der Waals surface area contributed by atoms with E-state index in [4.69, 9.17) is 4.74 Å². The maximum Gasteiger partial charge on any atom is 0.394 e. The molecule has 4 N–H and O–H groups in total. The summed E-state index contributed by atoms with van der Waals surface area (Å²) in [5.74, 6) is 0.864. The van der Waals surface area contributed by atoms with Gasteiger partial charge in [-0.3, -0.25) is 24.9 Å². The van der Waals surface area contributed by atoms with Crippen LogP contribution < -0.4 is 25.4 Å². The number of nitrogens with one attached hydrogen (secondary N) is 4. The maximum absolute atomic E-state index is 13.3. The van der Waals surface area contributed by atoms with Crippen molar-refractivity contribution in [2.75, 3.05) is 19.7 Å². The molecule has 2 bridgehead atoms. The Morgan fingerprint density at radius 1 is 1.02 bits per heavy atom. The lowest BCUT2D eigenvalue weighted by molar-refractivity contribution is -0.190. The van der Waals surface area contributed by atoms with Crippen molar-refractivity contribution in [2.45, 2.75) is 139 Å². The fourth-order valence-electron chi connectivity index (χ4n) is 7.78. The van der Waals surface area contributed by atoms with Gasteiger partial charge in [0.25, 0.3) is 0 Å². The van der Waals surface area contributed by atoms with Crippen molar-refractivity contribution >= 4 is 11.9 Å². The van der Waals surface area contributed by atoms with Gasteiger partial charge >= 0.3 is 6.18 Å². The molecular weight excluding hydrogens is 563 g/mol. The van der Waals surface area contributed by atoms with Crippen molar-refractivity contribution in [3.8, 4) is 5.88 Å². The van der Waals surface area contributed by atoms with E-state index in [1.807, 2.05) is 22.8 Å². The molecule has 1 aliphatic carbocycles. The minimum absolute atomic E-state index is 0.00166. The number of halogens is 3. The molecule has 0 spiro atoms. The summed E-state index contributed by atoms with van der Waals surface area (Å²) >= 11 is 1.85. The molecule has 0 amide bonds. The zero-order chi connectivity index (χ0) is 29.4. The van der Waals surface area contributed by atoms with Gasteiger partial charge in [0, 0.05) is 36.3 Å². The first-order chi connectivity index (χ1) is 20.1. The van der Waals surface area contributed by atoms with Crippen molar-refractivity contribution in [3.63, 3.8) is 0 Å². The van der Waals surface area contributed by atoms with Gasteiger partial charge in [-0.1, -0.05) is 18.4 Å². The van der Waals surface area contributed by atoms with Crippen LogP contribution in [0.5, 0.6) is 5.88 Å². The molecule has 0 radical (unpaired) electrons. The van der Waals surface area contributed by atoms with Crippen LogP contribution in [0.25, 0.3) is 0 Å². The lowest BCUT2D eigenvalue weighted by Crippen LogP contribution is -2.62. The molecule has 12 heteroatoms. The lowest BCUT2D eigenvalue weighted by atomic mass is 9.90. The van der Waals surface area contributed by atoms with E-state index in [1.165, 1.54) is 51.4 Å². The molecule has 238 valence electrons. The topological polar surface area (TPSA) is 78.4 Å². The lowest BCUT2D eigenvalue weighted by Gasteiger charge is -2.49. The van der Waals surface area contributed by atoms with Crippen LogP contribution in [0.4, 0.5) is 13.2 Å². The molecule has 6 unspecified atom stereocenters. The third-order valence-electron chi connectivity index (χ3n) is 10.6. The Bertz CT molecular complexity index is 1030. The standard InChI is InChI=1S/C30H50F3N7OS/c1-28(2)13-11-22-6-3-4-17-34-23-7-5-8-26(36-23)42-35-20-21-9-10-24(37-27(21)40(22)28)39-18-12-25(38-39)41-19-16-29(14-15-29)30(31,32)33/h12,18,21-24,26-27,34-37H,3-11,13-17,19-20H2,1-2H3. The Labute approximate surface area is 253 Å². The first-order valence-electron chi connectivity index (χ1n) is 16.3. The van der Waals surface area contributed by atoms with Gasteiger partial charge in [-0.15, -0.1) is 5.10 Å². The van der Waals surface area contributed by atoms with E-state index >= 15 is 0 Å². The summed E-state index contributed by atoms with van der Waals surface area (Å²) in [7, 11) is 0. The molecule has 5 heterocycles. The largest absolute Gasteiger partial charge is 0.477 e. The van der Waals surface area contributed by atoms with Crippen LogP contribution in [-0.2, 0) is 0 Å². The van der Waals surface area contributed by atoms with E-state index in [1.54, 1.807) is 6.07 Å². The van der Waals surface area contributed by atoms with Crippen molar-refractivity contribution in [2.24, 2.45) is 11.3 Å². The molecule has 5 aliphatic rings. The van der Waals surface area contributed by atoms with Crippen molar-refractivity contribution in [1.29, 1.82) is 0 Å². The number of aromatic nitrogens is 2. The molecule has 5 fully saturated rings. The fourth-order valence-corrected chi connectivity index (χ4v) is 8.81. The van der Waals surface area contributed by atoms with Crippen molar-refractivity contribution in [3.05, 3.63) is 12.3 Å². The number of rotatable bonds is 5. The Balaban J connectivity index is 1.13. The molecule has 1 aromatic rings. The van der Waals surface area contributed by atoms with E-state index < -0.39 is 11.6 Å². The Morgan fingerprint density at radius 2 is 1.88 bits per heavy atom. The quantitative estimate of drug-likeness (QED) is 0.325. The second kappa shape index (κ2) is 12.7. The van der Waals surface area contributed by atoms with E-state index in [9.17, 15) is 13.2 Å². The van der Waals surface area contributed by atoms with Crippen LogP contribution in [0.15, 0.2) is 12.3 Å². The Hall–Kier alpha value is -1.05. The molecule has 1 saturated carbocycles. The Morgan fingerprint density at radius 3 is 2.69 bits per heavy atom. The average Bonchev–Trinajstić information content (AvgIpc) is 3.51. The second-order valence-corrected chi connectivity index (χ2v) is 15.0. The van der Waals surface area contributed by atoms with Gasteiger partial charge in [-0.05, 0) is 97.4 Å². The van der Waals surface area contributed by atoms with E-state index in [2.05, 4.69) is 44.5 Å². The van der Waals surface area contributed by atoms with E-state index in [-0.39, 0.29) is 43.7 Å². The van der Waals surface area contributed by atoms with Crippen molar-refractivity contribution < 1.29 is 17.9 Å². The second-order valence-electron chi connectivity index (χ2n) is 13.9. The summed E-state index contributed by atoms with van der Waals surface area (Å²) in [5, 5.41) is 16.6. The highest BCUT2D eigenvalue weighted by Crippen LogP contribution is 2.59. The highest BCUT2D eigenvalue weighted by atomic mass is 32.2. The van der Waals surface area contributed by atoms with Gasteiger partial charge in [0.05, 0.1) is 29.7 Å². The summed E-state index contributed by atoms with van der Waals surface area (Å²) in [6.45, 7) is 6.84. The van der Waals surface area contributed by atoms with Crippen LogP contribution >= 0.6 is 11.9 Å². The van der Waals surface area contributed by atoms with Crippen molar-refractivity contribution in [1.82, 2.24) is 35.4 Å². The number of hydrogen-bond donors (Lipinski definition) is 4. The summed E-state index contributed by atoms with van der Waals surface area (Å²) in [5.41, 5.74) is -1.44. The predicted octanol–water partition coefficient (Wildman–Crippen LogP) is 5.50. The maximum atomic E-state index is 13.3. The number of ether oxygens (including phenoxy) is 1. The molecule has 4 aliphatic heterocycles. The minimum Gasteiger partial charge on any atom is -0.477 e. The van der Waals surface area contributed by atoms with Gasteiger partial charge in [-0.25, -0.2) is 0 Å². The number of hydrogen-bond acceptors (Lipinski definition) is 8. The normalized spacial score (nSPS) is 35.8. The zero-order valence-electron chi connectivity index (χ0n) is 25.2. The molecule has 6 rings (SSSR count). The first kappa shape index (κ1) is 31.0. The monoisotopic (exact) mass is 613 g/mol. The third kappa shape index (κ3) is 6.93. The molecular formula is C30H50F3N7OS. The molecule has 42 heavy (non-hydrogen) atoms. The number of nitrogens with zero attached hydrogens (tertiary/aromatic N) is 3. The molecule has 8 nitrogen and oxygen atoms in total. The van der Waals surface area contributed by atoms with Gasteiger partial charge in [0.15, 0.2) is 0 Å². The summed E-state index contributed by atoms with van der Waals surface area (Å²) in [4.78, 5) is 2.78. The van der Waals surface area contributed by atoms with Crippen LogP contribution in [0.2, 0.25) is 0 Å². The van der Waals surface area contributed by atoms with Gasteiger partial charge < -0.3 is 10.1 Å². The molecule has 4 saturated heterocycles. The van der Waals surface area contributed by atoms with E-state index in [0.29, 0.717) is 29.4 Å². The average molecular weight is 614 g/mol. The number of piperidine rings is 2. The number of alkyl halides is 3. The predicted molar refractivity (Wildman–Crippen MR) is 160 cm³/mol. The highest BCUT2D eigenvalue weighted by Gasteiger charge is 2.62. The van der Waals surface area contributed by atoms with Crippen LogP contribution in [0.3, 0.4) is 0 Å². The van der Waals surface area contributed by atoms with Crippen LogP contribution in [-0.4, -0.2) is 69.8 Å². The third-order valence-corrected chi connectivity index (χ3v) is 11.6. The molecule has 6 atom stereocenters. The van der Waals surface area contributed by atoms with Crippen LogP contribution in [0, 0.1) is 11.3 Å². The minimum atomic E-state index is -4.15. The molecule has 1 aromatic heterocycles. The number of fused-ring (bicyclic) bond motifs is 5. The zero-order valence-corrected chi connectivity index (χ0v) is 26.0. The summed E-state index contributed by atoms with van der Waals surface area (Å²) < 4.78 is 51.3. The summed E-state index contributed by atoms with van der Waals surface area (Å²) in [6.07, 6.45) is 10.5. The smallest absolute Gasteiger partial charge is 0.394 e. The SMILES string of the molecule is CC1(C)CCC2CCCCNC3CCCC(N3)SNCC3CCC(n4ccc(OCCC5(C(F)(F)F)CC5)n4)NC3N21. The van der Waals surface area contributed by atoms with Gasteiger partial charge in [-0.2, -0.15) is 13.2 Å². The van der Waals surface area contributed by atoms with E-state index in [0.717, 1.165) is 25.9 Å². The first-order valence-corrected chi connectivity index (χ1v) is 17.2. The highest BCUT2D eigenvalue weighted by molar-refractivity contribution is 7.98. The van der Waals surface area contributed by atoms with Crippen LogP contribution in [0.1, 0.15) is 103 Å². The fraction of sp³-hybridized carbons (Fsp3) is 0.900. The summed E-state index contributed by atoms with van der Waals surface area (Å²) in [6, 6.07) is 2.34.